The van der Waals surface area contributed by atoms with Gasteiger partial charge in [-0.2, -0.15) is 4.98 Å². The van der Waals surface area contributed by atoms with Gasteiger partial charge < -0.3 is 24.6 Å². The highest BCUT2D eigenvalue weighted by Crippen LogP contribution is 2.57. The molecule has 3 N–H and O–H groups in total. The fraction of sp³-hybridized carbons (Fsp3) is 0.789. The van der Waals surface area contributed by atoms with Crippen molar-refractivity contribution in [1.29, 1.82) is 0 Å². The van der Waals surface area contributed by atoms with Gasteiger partial charge in [-0.3, -0.25) is 9.09 Å². The van der Waals surface area contributed by atoms with E-state index in [4.69, 9.17) is 36.1 Å². The van der Waals surface area contributed by atoms with Crippen molar-refractivity contribution in [3.05, 3.63) is 22.2 Å². The van der Waals surface area contributed by atoms with Crippen molar-refractivity contribution in [2.45, 2.75) is 84.5 Å². The van der Waals surface area contributed by atoms with Crippen molar-refractivity contribution in [3.8, 4) is 0 Å². The number of fused-ring (bicyclic) bond motifs is 2. The number of aromatic nitrogens is 2. The normalized spacial score (nSPS) is 31.1. The number of nitrogen functional groups attached to an aromatic ring is 1. The van der Waals surface area contributed by atoms with E-state index in [-0.39, 0.29) is 17.3 Å². The minimum atomic E-state index is -3.56. The molecule has 0 saturated carbocycles. The van der Waals surface area contributed by atoms with Crippen LogP contribution in [0.4, 0.5) is 5.82 Å². The standard InChI is InChI=1S/C19H32N3O6PS/c1-11(2)27-29(24,30)28-14-13-16(22-9-12(3)15(20)21-17(22)23)26-19(14,7-8-25-13)10-18(4,5)6/h9,11,13-14,16H,7-8,10H2,1-6H3,(H,24,30)(H2,20,21,23)/t13-,14?,16+,19+,29?/m0/s1. The van der Waals surface area contributed by atoms with Crippen LogP contribution < -0.4 is 11.4 Å². The number of hydrogen-bond acceptors (Lipinski definition) is 8. The summed E-state index contributed by atoms with van der Waals surface area (Å²) < 4.78 is 25.4. The summed E-state index contributed by atoms with van der Waals surface area (Å²) in [4.78, 5) is 27.2. The van der Waals surface area contributed by atoms with Gasteiger partial charge in [0.1, 0.15) is 23.6 Å². The van der Waals surface area contributed by atoms with Crippen molar-refractivity contribution in [1.82, 2.24) is 9.55 Å². The lowest BCUT2D eigenvalue weighted by Gasteiger charge is -2.42. The summed E-state index contributed by atoms with van der Waals surface area (Å²) in [5, 5.41) is 0. The smallest absolute Gasteiger partial charge is 0.351 e. The first-order valence-electron chi connectivity index (χ1n) is 10.1. The Balaban J connectivity index is 2.04. The van der Waals surface area contributed by atoms with Crippen molar-refractivity contribution in [2.75, 3.05) is 12.3 Å². The Hall–Kier alpha value is -0.870. The molecule has 2 unspecified atom stereocenters. The van der Waals surface area contributed by atoms with Gasteiger partial charge in [0.2, 0.25) is 0 Å². The van der Waals surface area contributed by atoms with Crippen LogP contribution in [-0.4, -0.2) is 45.0 Å². The topological polar surface area (TPSA) is 118 Å². The van der Waals surface area contributed by atoms with Crippen LogP contribution in [0.1, 0.15) is 59.3 Å². The van der Waals surface area contributed by atoms with Gasteiger partial charge in [-0.1, -0.05) is 20.8 Å². The Kier molecular flexibility index (Phi) is 6.53. The number of nitrogens with two attached hydrogens (primary N) is 1. The second-order valence-corrected chi connectivity index (χ2v) is 12.3. The van der Waals surface area contributed by atoms with E-state index in [0.29, 0.717) is 25.0 Å². The molecular formula is C19H32N3O6PS. The predicted octanol–water partition coefficient (Wildman–Crippen LogP) is 2.65. The van der Waals surface area contributed by atoms with Gasteiger partial charge in [-0.05, 0) is 44.4 Å². The van der Waals surface area contributed by atoms with Crippen LogP contribution in [0.15, 0.2) is 11.0 Å². The molecule has 9 nitrogen and oxygen atoms in total. The summed E-state index contributed by atoms with van der Waals surface area (Å²) in [5.41, 5.74) is 4.98. The lowest BCUT2D eigenvalue weighted by molar-refractivity contribution is -0.133. The number of hydrogen-bond donors (Lipinski definition) is 2. The summed E-state index contributed by atoms with van der Waals surface area (Å²) >= 11 is 5.26. The number of ether oxygens (including phenoxy) is 2. The molecule has 2 saturated heterocycles. The number of anilines is 1. The Morgan fingerprint density at radius 1 is 1.50 bits per heavy atom. The summed E-state index contributed by atoms with van der Waals surface area (Å²) in [6, 6.07) is 0. The molecule has 2 fully saturated rings. The molecule has 2 aliphatic rings. The first-order valence-corrected chi connectivity index (χ1v) is 12.7. The summed E-state index contributed by atoms with van der Waals surface area (Å²) in [6.45, 7) is 8.49. The van der Waals surface area contributed by atoms with E-state index in [1.807, 2.05) is 0 Å². The number of aryl methyl sites for hydroxylation is 1. The van der Waals surface area contributed by atoms with Crippen LogP contribution in [-0.2, 0) is 30.3 Å². The van der Waals surface area contributed by atoms with Gasteiger partial charge in [-0.25, -0.2) is 4.79 Å². The Morgan fingerprint density at radius 2 is 2.17 bits per heavy atom. The van der Waals surface area contributed by atoms with Gasteiger partial charge in [0.05, 0.1) is 12.7 Å². The van der Waals surface area contributed by atoms with E-state index in [9.17, 15) is 9.69 Å². The highest BCUT2D eigenvalue weighted by Gasteiger charge is 2.62. The van der Waals surface area contributed by atoms with Crippen LogP contribution in [0.2, 0.25) is 0 Å². The average Bonchev–Trinajstić information content (AvgIpc) is 2.71. The molecule has 0 aliphatic carbocycles. The SMILES string of the molecule is Cc1cn([C@@H]2O[C@@]3(CC(C)(C)C)CCO[C@H]2C3OP(O)(=S)OC(C)C)c(=O)nc1N. The Morgan fingerprint density at radius 3 is 2.77 bits per heavy atom. The monoisotopic (exact) mass is 461 g/mol. The van der Waals surface area contributed by atoms with Crippen molar-refractivity contribution in [2.24, 2.45) is 5.41 Å². The van der Waals surface area contributed by atoms with E-state index in [1.165, 1.54) is 4.57 Å². The third kappa shape index (κ3) is 4.96. The van der Waals surface area contributed by atoms with E-state index >= 15 is 0 Å². The summed E-state index contributed by atoms with van der Waals surface area (Å²) in [5.74, 6) is 0.173. The van der Waals surface area contributed by atoms with E-state index < -0.39 is 36.4 Å². The zero-order chi connectivity index (χ0) is 22.5. The molecule has 11 heteroatoms. The van der Waals surface area contributed by atoms with Crippen LogP contribution in [0.3, 0.4) is 0 Å². The quantitative estimate of drug-likeness (QED) is 0.616. The number of rotatable bonds is 6. The predicted molar refractivity (Wildman–Crippen MR) is 117 cm³/mol. The molecule has 0 spiro atoms. The lowest BCUT2D eigenvalue weighted by Crippen LogP contribution is -2.51. The van der Waals surface area contributed by atoms with E-state index in [0.717, 1.165) is 0 Å². The fourth-order valence-electron chi connectivity index (χ4n) is 4.26. The molecule has 2 bridgehead atoms. The van der Waals surface area contributed by atoms with Crippen molar-refractivity contribution in [3.63, 3.8) is 0 Å². The lowest BCUT2D eigenvalue weighted by atomic mass is 9.76. The molecule has 1 aromatic rings. The maximum atomic E-state index is 12.6. The summed E-state index contributed by atoms with van der Waals surface area (Å²) in [6.07, 6.45) is 0.325. The molecule has 3 rings (SSSR count). The second kappa shape index (κ2) is 8.24. The second-order valence-electron chi connectivity index (χ2n) is 9.54. The van der Waals surface area contributed by atoms with Crippen molar-refractivity contribution >= 4 is 24.3 Å². The third-order valence-corrected chi connectivity index (χ3v) is 6.86. The van der Waals surface area contributed by atoms with Gasteiger partial charge in [0, 0.05) is 18.2 Å². The third-order valence-electron chi connectivity index (χ3n) is 5.16. The molecule has 0 aromatic carbocycles. The van der Waals surface area contributed by atoms with Crippen LogP contribution in [0.5, 0.6) is 0 Å². The minimum Gasteiger partial charge on any atom is -0.383 e. The number of nitrogens with zero attached hydrogens (tertiary/aromatic N) is 2. The van der Waals surface area contributed by atoms with E-state index in [1.54, 1.807) is 27.0 Å². The summed E-state index contributed by atoms with van der Waals surface area (Å²) in [7, 11) is 0. The van der Waals surface area contributed by atoms with Gasteiger partial charge >= 0.3 is 12.4 Å². The molecule has 0 amide bonds. The maximum Gasteiger partial charge on any atom is 0.351 e. The van der Waals surface area contributed by atoms with Gasteiger partial charge in [0.25, 0.3) is 0 Å². The van der Waals surface area contributed by atoms with Gasteiger partial charge in [-0.15, -0.1) is 0 Å². The molecule has 0 radical (unpaired) electrons. The van der Waals surface area contributed by atoms with Gasteiger partial charge in [0.15, 0.2) is 6.23 Å². The fourth-order valence-corrected chi connectivity index (χ4v) is 6.23. The molecular weight excluding hydrogens is 429 g/mol. The average molecular weight is 462 g/mol. The molecule has 3 heterocycles. The maximum absolute atomic E-state index is 12.6. The van der Waals surface area contributed by atoms with Crippen LogP contribution >= 0.6 is 6.72 Å². The molecule has 170 valence electrons. The first kappa shape index (κ1) is 23.8. The molecule has 2 aliphatic heterocycles. The zero-order valence-electron chi connectivity index (χ0n) is 18.3. The Bertz CT molecular complexity index is 901. The molecule has 5 atom stereocenters. The zero-order valence-corrected chi connectivity index (χ0v) is 20.0. The highest BCUT2D eigenvalue weighted by atomic mass is 32.5. The molecule has 1 aromatic heterocycles. The minimum absolute atomic E-state index is 0.116. The highest BCUT2D eigenvalue weighted by molar-refractivity contribution is 8.07. The van der Waals surface area contributed by atoms with Crippen LogP contribution in [0.25, 0.3) is 0 Å². The Labute approximate surface area is 182 Å². The molecule has 30 heavy (non-hydrogen) atoms. The van der Waals surface area contributed by atoms with Crippen LogP contribution in [0, 0.1) is 12.3 Å². The first-order chi connectivity index (χ1) is 13.7. The largest absolute Gasteiger partial charge is 0.383 e. The van der Waals surface area contributed by atoms with Crippen molar-refractivity contribution < 1.29 is 23.4 Å². The van der Waals surface area contributed by atoms with E-state index in [2.05, 4.69) is 25.8 Å².